The van der Waals surface area contributed by atoms with E-state index in [9.17, 15) is 0 Å². The summed E-state index contributed by atoms with van der Waals surface area (Å²) in [5.41, 5.74) is 2.52. The molecular formula is C12H10BrNO. The van der Waals surface area contributed by atoms with Gasteiger partial charge in [-0.3, -0.25) is 0 Å². The molecule has 1 heterocycles. The van der Waals surface area contributed by atoms with Crippen LogP contribution in [-0.4, -0.2) is 4.98 Å². The number of halogens is 1. The molecule has 1 saturated carbocycles. The van der Waals surface area contributed by atoms with Crippen LogP contribution in [0.4, 0.5) is 0 Å². The van der Waals surface area contributed by atoms with Gasteiger partial charge >= 0.3 is 0 Å². The van der Waals surface area contributed by atoms with Crippen LogP contribution >= 0.6 is 15.9 Å². The second-order valence-corrected chi connectivity index (χ2v) is 4.55. The fourth-order valence-electron chi connectivity index (χ4n) is 1.72. The lowest BCUT2D eigenvalue weighted by Crippen LogP contribution is -1.79. The van der Waals surface area contributed by atoms with Crippen molar-refractivity contribution in [3.8, 4) is 11.3 Å². The summed E-state index contributed by atoms with van der Waals surface area (Å²) in [6, 6.07) is 8.56. The van der Waals surface area contributed by atoms with Crippen molar-refractivity contribution in [3.05, 3.63) is 40.8 Å². The van der Waals surface area contributed by atoms with Crippen molar-refractivity contribution in [2.24, 2.45) is 0 Å². The fraction of sp³-hybridized carbons (Fsp3) is 0.250. The molecule has 1 aliphatic carbocycles. The van der Waals surface area contributed by atoms with Gasteiger partial charge in [-0.2, -0.15) is 0 Å². The van der Waals surface area contributed by atoms with E-state index < -0.39 is 0 Å². The van der Waals surface area contributed by atoms with Crippen molar-refractivity contribution >= 4 is 15.9 Å². The van der Waals surface area contributed by atoms with Crippen molar-refractivity contribution in [2.45, 2.75) is 18.8 Å². The van der Waals surface area contributed by atoms with Gasteiger partial charge in [-0.1, -0.05) is 24.3 Å². The third-order valence-electron chi connectivity index (χ3n) is 2.72. The third-order valence-corrected chi connectivity index (χ3v) is 3.09. The number of benzene rings is 1. The first-order chi connectivity index (χ1) is 7.33. The maximum atomic E-state index is 5.39. The summed E-state index contributed by atoms with van der Waals surface area (Å²) in [7, 11) is 0. The van der Waals surface area contributed by atoms with E-state index in [0.717, 1.165) is 17.2 Å². The van der Waals surface area contributed by atoms with E-state index in [-0.39, 0.29) is 0 Å². The molecule has 0 N–H and O–H groups in total. The highest BCUT2D eigenvalue weighted by Crippen LogP contribution is 2.40. The molecule has 0 unspecified atom stereocenters. The SMILES string of the molecule is Brc1ncc(-c2ccc(C3CC3)cc2)o1. The summed E-state index contributed by atoms with van der Waals surface area (Å²) in [4.78, 5) is 4.54. The standard InChI is InChI=1S/C12H10BrNO/c13-12-14-7-11(15-12)10-5-3-9(4-6-10)8-1-2-8/h3-8H,1-2H2. The molecule has 1 aromatic carbocycles. The Balaban J connectivity index is 1.92. The van der Waals surface area contributed by atoms with Crippen LogP contribution in [0.2, 0.25) is 0 Å². The van der Waals surface area contributed by atoms with E-state index in [1.54, 1.807) is 6.20 Å². The summed E-state index contributed by atoms with van der Waals surface area (Å²) in [5, 5.41) is 0. The van der Waals surface area contributed by atoms with Crippen LogP contribution in [0, 0.1) is 0 Å². The molecule has 2 nitrogen and oxygen atoms in total. The highest BCUT2D eigenvalue weighted by atomic mass is 79.9. The van der Waals surface area contributed by atoms with E-state index >= 15 is 0 Å². The van der Waals surface area contributed by atoms with Crippen molar-refractivity contribution in [1.29, 1.82) is 0 Å². The maximum absolute atomic E-state index is 5.39. The van der Waals surface area contributed by atoms with Crippen LogP contribution in [0.25, 0.3) is 11.3 Å². The Morgan fingerprint density at radius 3 is 2.47 bits per heavy atom. The molecule has 3 heteroatoms. The minimum Gasteiger partial charge on any atom is -0.431 e. The van der Waals surface area contributed by atoms with Gasteiger partial charge in [0.2, 0.25) is 0 Å². The molecule has 1 aliphatic rings. The first-order valence-electron chi connectivity index (χ1n) is 5.04. The van der Waals surface area contributed by atoms with Gasteiger partial charge in [0.1, 0.15) is 0 Å². The van der Waals surface area contributed by atoms with Crippen LogP contribution < -0.4 is 0 Å². The topological polar surface area (TPSA) is 26.0 Å². The lowest BCUT2D eigenvalue weighted by Gasteiger charge is -1.99. The Labute approximate surface area is 96.5 Å². The Kier molecular flexibility index (Phi) is 2.13. The smallest absolute Gasteiger partial charge is 0.264 e. The van der Waals surface area contributed by atoms with Crippen molar-refractivity contribution in [3.63, 3.8) is 0 Å². The molecule has 3 rings (SSSR count). The van der Waals surface area contributed by atoms with E-state index in [1.165, 1.54) is 18.4 Å². The average Bonchev–Trinajstić information content (AvgIpc) is 3.02. The number of rotatable bonds is 2. The van der Waals surface area contributed by atoms with Gasteiger partial charge in [0.05, 0.1) is 6.20 Å². The molecule has 0 spiro atoms. The molecule has 0 radical (unpaired) electrons. The molecule has 1 aromatic heterocycles. The molecule has 0 amide bonds. The van der Waals surface area contributed by atoms with E-state index in [2.05, 4.69) is 45.2 Å². The van der Waals surface area contributed by atoms with Crippen molar-refractivity contribution in [2.75, 3.05) is 0 Å². The van der Waals surface area contributed by atoms with Crippen LogP contribution in [0.1, 0.15) is 24.3 Å². The molecule has 2 aromatic rings. The van der Waals surface area contributed by atoms with Gasteiger partial charge in [-0.15, -0.1) is 0 Å². The predicted octanol–water partition coefficient (Wildman–Crippen LogP) is 3.98. The molecule has 0 bridgehead atoms. The third kappa shape index (κ3) is 1.84. The molecular weight excluding hydrogens is 254 g/mol. The fourth-order valence-corrected chi connectivity index (χ4v) is 2.00. The van der Waals surface area contributed by atoms with Crippen molar-refractivity contribution < 1.29 is 4.42 Å². The second-order valence-electron chi connectivity index (χ2n) is 3.87. The normalized spacial score (nSPS) is 15.5. The zero-order chi connectivity index (χ0) is 10.3. The number of nitrogens with zero attached hydrogens (tertiary/aromatic N) is 1. The molecule has 76 valence electrons. The molecule has 1 fully saturated rings. The Bertz CT molecular complexity index is 471. The Morgan fingerprint density at radius 1 is 1.20 bits per heavy atom. The van der Waals surface area contributed by atoms with Gasteiger partial charge < -0.3 is 4.42 Å². The maximum Gasteiger partial charge on any atom is 0.264 e. The summed E-state index contributed by atoms with van der Waals surface area (Å²) < 4.78 is 5.39. The molecule has 0 saturated heterocycles. The molecule has 0 aliphatic heterocycles. The number of hydrogen-bond donors (Lipinski definition) is 0. The number of oxazole rings is 1. The second kappa shape index (κ2) is 3.49. The Hall–Kier alpha value is -1.09. The highest BCUT2D eigenvalue weighted by Gasteiger charge is 2.23. The van der Waals surface area contributed by atoms with Crippen LogP contribution in [0.3, 0.4) is 0 Å². The van der Waals surface area contributed by atoms with E-state index in [4.69, 9.17) is 4.42 Å². The minimum atomic E-state index is 0.531. The predicted molar refractivity (Wildman–Crippen MR) is 61.6 cm³/mol. The summed E-state index contributed by atoms with van der Waals surface area (Å²) in [6.45, 7) is 0. The van der Waals surface area contributed by atoms with Gasteiger partial charge in [-0.05, 0) is 24.3 Å². The summed E-state index contributed by atoms with van der Waals surface area (Å²) in [6.07, 6.45) is 4.41. The molecule has 15 heavy (non-hydrogen) atoms. The monoisotopic (exact) mass is 263 g/mol. The number of aromatic nitrogens is 1. The highest BCUT2D eigenvalue weighted by molar-refractivity contribution is 9.10. The van der Waals surface area contributed by atoms with E-state index in [1.807, 2.05) is 0 Å². The van der Waals surface area contributed by atoms with Crippen LogP contribution in [0.15, 0.2) is 39.7 Å². The van der Waals surface area contributed by atoms with Gasteiger partial charge in [0.25, 0.3) is 4.80 Å². The number of hydrogen-bond acceptors (Lipinski definition) is 2. The van der Waals surface area contributed by atoms with Gasteiger partial charge in [0, 0.05) is 21.5 Å². The van der Waals surface area contributed by atoms with Gasteiger partial charge in [-0.25, -0.2) is 4.98 Å². The summed E-state index contributed by atoms with van der Waals surface area (Å²) in [5.74, 6) is 1.62. The zero-order valence-electron chi connectivity index (χ0n) is 8.11. The van der Waals surface area contributed by atoms with Crippen molar-refractivity contribution in [1.82, 2.24) is 4.98 Å². The zero-order valence-corrected chi connectivity index (χ0v) is 9.70. The summed E-state index contributed by atoms with van der Waals surface area (Å²) >= 11 is 3.20. The van der Waals surface area contributed by atoms with E-state index in [0.29, 0.717) is 4.80 Å². The minimum absolute atomic E-state index is 0.531. The Morgan fingerprint density at radius 2 is 1.93 bits per heavy atom. The lowest BCUT2D eigenvalue weighted by molar-refractivity contribution is 0.542. The first-order valence-corrected chi connectivity index (χ1v) is 5.84. The largest absolute Gasteiger partial charge is 0.431 e. The van der Waals surface area contributed by atoms with Gasteiger partial charge in [0.15, 0.2) is 5.76 Å². The first kappa shape index (κ1) is 9.16. The van der Waals surface area contributed by atoms with Crippen LogP contribution in [0.5, 0.6) is 0 Å². The molecule has 0 atom stereocenters. The average molecular weight is 264 g/mol. The quantitative estimate of drug-likeness (QED) is 0.819. The van der Waals surface area contributed by atoms with Crippen LogP contribution in [-0.2, 0) is 0 Å². The lowest BCUT2D eigenvalue weighted by atomic mass is 10.1.